The molecule has 1 heterocycles. The van der Waals surface area contributed by atoms with Crippen molar-refractivity contribution in [3.63, 3.8) is 0 Å². The van der Waals surface area contributed by atoms with Crippen LogP contribution in [0, 0.1) is 0 Å². The van der Waals surface area contributed by atoms with Crippen molar-refractivity contribution in [1.82, 2.24) is 0 Å². The van der Waals surface area contributed by atoms with Gasteiger partial charge in [0.15, 0.2) is 0 Å². The zero-order valence-electron chi connectivity index (χ0n) is 8.57. The van der Waals surface area contributed by atoms with E-state index in [4.69, 9.17) is 0 Å². The number of rotatable bonds is 1. The van der Waals surface area contributed by atoms with Crippen LogP contribution in [0.1, 0.15) is 18.4 Å². The number of aliphatic hydroxyl groups excluding tert-OH is 1. The highest BCUT2D eigenvalue weighted by Crippen LogP contribution is 2.25. The molecule has 0 radical (unpaired) electrons. The van der Waals surface area contributed by atoms with E-state index in [0.29, 0.717) is 19.5 Å². The Hall–Kier alpha value is -1.51. The molecule has 0 spiro atoms. The van der Waals surface area contributed by atoms with Gasteiger partial charge in [0.1, 0.15) is 5.76 Å². The van der Waals surface area contributed by atoms with Crippen molar-refractivity contribution in [3.8, 4) is 0 Å². The maximum atomic E-state index is 11.3. The van der Waals surface area contributed by atoms with Gasteiger partial charge in [-0.2, -0.15) is 0 Å². The largest absolute Gasteiger partial charge is 0.507 e. The summed E-state index contributed by atoms with van der Waals surface area (Å²) < 4.78 is 0. The maximum absolute atomic E-state index is 11.3. The average Bonchev–Trinajstić information content (AvgIpc) is 2.29. The Labute approximate surface area is 89.9 Å². The first-order valence-electron chi connectivity index (χ1n) is 5.25. The van der Waals surface area contributed by atoms with Crippen LogP contribution in [-0.4, -0.2) is 18.1 Å². The summed E-state index contributed by atoms with van der Waals surface area (Å²) in [6.07, 6.45) is 2.12. The summed E-state index contributed by atoms with van der Waals surface area (Å²) in [7, 11) is 0.658. The van der Waals surface area contributed by atoms with E-state index in [1.165, 1.54) is 0 Å². The van der Waals surface area contributed by atoms with Gasteiger partial charge in [-0.1, -0.05) is 36.7 Å². The lowest BCUT2D eigenvalue weighted by atomic mass is 9.61. The van der Waals surface area contributed by atoms with Gasteiger partial charge in [-0.3, -0.25) is 0 Å². The van der Waals surface area contributed by atoms with E-state index in [1.807, 2.05) is 30.3 Å². The molecule has 1 saturated heterocycles. The predicted octanol–water partition coefficient (Wildman–Crippen LogP) is 2.13. The summed E-state index contributed by atoms with van der Waals surface area (Å²) in [5, 5.41) is 9.99. The second-order valence-corrected chi connectivity index (χ2v) is 3.89. The minimum absolute atomic E-state index is 0.235. The number of benzene rings is 1. The Morgan fingerprint density at radius 3 is 2.67 bits per heavy atom. The van der Waals surface area contributed by atoms with Crippen molar-refractivity contribution >= 4 is 18.7 Å². The monoisotopic (exact) mass is 200 g/mol. The van der Waals surface area contributed by atoms with Crippen LogP contribution in [0.15, 0.2) is 35.9 Å². The number of carbonyl (C=O) groups excluding carboxylic acids is 1. The Kier molecular flexibility index (Phi) is 2.90. The molecule has 1 aromatic carbocycles. The predicted molar refractivity (Wildman–Crippen MR) is 62.2 cm³/mol. The third kappa shape index (κ3) is 2.29. The lowest BCUT2D eigenvalue weighted by molar-refractivity contribution is -0.111. The molecule has 1 aliphatic rings. The van der Waals surface area contributed by atoms with Crippen molar-refractivity contribution in [1.29, 1.82) is 0 Å². The second-order valence-electron chi connectivity index (χ2n) is 3.89. The smallest absolute Gasteiger partial charge is 0.206 e. The fourth-order valence-electron chi connectivity index (χ4n) is 1.92. The molecule has 1 aromatic rings. The van der Waals surface area contributed by atoms with Crippen molar-refractivity contribution in [3.05, 3.63) is 41.5 Å². The summed E-state index contributed by atoms with van der Waals surface area (Å²) in [4.78, 5) is 11.3. The minimum atomic E-state index is 0.235. The third-order valence-electron chi connectivity index (χ3n) is 2.73. The molecule has 0 aliphatic carbocycles. The first-order valence-corrected chi connectivity index (χ1v) is 5.25. The molecule has 3 heteroatoms. The van der Waals surface area contributed by atoms with Crippen molar-refractivity contribution < 1.29 is 9.90 Å². The molecule has 1 aliphatic heterocycles. The van der Waals surface area contributed by atoms with E-state index in [-0.39, 0.29) is 5.68 Å². The average molecular weight is 200 g/mol. The molecular formula is C12H13BO2. The molecule has 15 heavy (non-hydrogen) atoms. The molecule has 0 amide bonds. The number of carbonyl (C=O) groups is 1. The van der Waals surface area contributed by atoms with Gasteiger partial charge < -0.3 is 9.90 Å². The lowest BCUT2D eigenvalue weighted by Crippen LogP contribution is -2.16. The molecule has 2 nitrogen and oxygen atoms in total. The SMILES string of the molecule is O=C1BCCC(=C(O)c2ccccc2)C1. The van der Waals surface area contributed by atoms with Gasteiger partial charge >= 0.3 is 0 Å². The summed E-state index contributed by atoms with van der Waals surface area (Å²) in [5.41, 5.74) is 1.93. The zero-order chi connectivity index (χ0) is 10.7. The van der Waals surface area contributed by atoms with Gasteiger partial charge in [-0.15, -0.1) is 0 Å². The van der Waals surface area contributed by atoms with Gasteiger partial charge in [-0.25, -0.2) is 0 Å². The fourth-order valence-corrected chi connectivity index (χ4v) is 1.92. The second kappa shape index (κ2) is 4.34. The lowest BCUT2D eigenvalue weighted by Gasteiger charge is -2.14. The molecule has 1 fully saturated rings. The number of aliphatic hydroxyl groups is 1. The van der Waals surface area contributed by atoms with E-state index in [1.54, 1.807) is 0 Å². The molecule has 0 saturated carbocycles. The molecule has 1 N–H and O–H groups in total. The van der Waals surface area contributed by atoms with Crippen LogP contribution in [0.25, 0.3) is 5.76 Å². The Morgan fingerprint density at radius 1 is 1.27 bits per heavy atom. The quantitative estimate of drug-likeness (QED) is 0.556. The van der Waals surface area contributed by atoms with Crippen molar-refractivity contribution in [2.45, 2.75) is 19.2 Å². The van der Waals surface area contributed by atoms with Crippen LogP contribution in [0.4, 0.5) is 0 Å². The Bertz CT molecular complexity index is 395. The van der Waals surface area contributed by atoms with Crippen molar-refractivity contribution in [2.24, 2.45) is 0 Å². The van der Waals surface area contributed by atoms with Crippen LogP contribution in [0.2, 0.25) is 6.32 Å². The van der Waals surface area contributed by atoms with E-state index in [9.17, 15) is 9.90 Å². The minimum Gasteiger partial charge on any atom is -0.507 e. The summed E-state index contributed by atoms with van der Waals surface area (Å²) in [6, 6.07) is 9.41. The Morgan fingerprint density at radius 2 is 2.00 bits per heavy atom. The number of hydrogen-bond acceptors (Lipinski definition) is 2. The van der Waals surface area contributed by atoms with E-state index >= 15 is 0 Å². The molecule has 0 atom stereocenters. The normalized spacial score (nSPS) is 19.6. The highest BCUT2D eigenvalue weighted by Gasteiger charge is 2.18. The van der Waals surface area contributed by atoms with Crippen LogP contribution >= 0.6 is 0 Å². The number of hydrogen-bond donors (Lipinski definition) is 1. The molecule has 76 valence electrons. The topological polar surface area (TPSA) is 37.3 Å². The standard InChI is InChI=1S/C12H13BO2/c14-11-8-10(6-7-13-11)12(15)9-4-2-1-3-5-9/h1-5,13,15H,6-8H2. The van der Waals surface area contributed by atoms with Crippen molar-refractivity contribution in [2.75, 3.05) is 0 Å². The molecule has 0 unspecified atom stereocenters. The van der Waals surface area contributed by atoms with Gasteiger partial charge in [0.25, 0.3) is 0 Å². The van der Waals surface area contributed by atoms with Crippen LogP contribution < -0.4 is 0 Å². The molecule has 2 rings (SSSR count). The van der Waals surface area contributed by atoms with Gasteiger partial charge in [-0.05, 0) is 12.0 Å². The van der Waals surface area contributed by atoms with Gasteiger partial charge in [0.05, 0.1) is 5.68 Å². The van der Waals surface area contributed by atoms with E-state index in [0.717, 1.165) is 23.9 Å². The first-order chi connectivity index (χ1) is 7.27. The highest BCUT2D eigenvalue weighted by atomic mass is 16.3. The zero-order valence-corrected chi connectivity index (χ0v) is 8.57. The first kappa shape index (κ1) is 10.0. The van der Waals surface area contributed by atoms with Gasteiger partial charge in [0.2, 0.25) is 7.28 Å². The molecule has 0 aromatic heterocycles. The van der Waals surface area contributed by atoms with Crippen LogP contribution in [-0.2, 0) is 4.79 Å². The highest BCUT2D eigenvalue weighted by molar-refractivity contribution is 6.74. The fraction of sp³-hybridized carbons (Fsp3) is 0.250. The molecular weight excluding hydrogens is 187 g/mol. The van der Waals surface area contributed by atoms with Gasteiger partial charge in [0, 0.05) is 12.0 Å². The number of allylic oxidation sites excluding steroid dienone is 1. The third-order valence-corrected chi connectivity index (χ3v) is 2.73. The maximum Gasteiger partial charge on any atom is 0.206 e. The van der Waals surface area contributed by atoms with E-state index in [2.05, 4.69) is 0 Å². The summed E-state index contributed by atoms with van der Waals surface area (Å²) >= 11 is 0. The van der Waals surface area contributed by atoms with Crippen LogP contribution in [0.5, 0.6) is 0 Å². The molecule has 0 bridgehead atoms. The summed E-state index contributed by atoms with van der Waals surface area (Å²) in [6.45, 7) is 0. The van der Waals surface area contributed by atoms with E-state index < -0.39 is 0 Å². The Balaban J connectivity index is 2.28. The van der Waals surface area contributed by atoms with Crippen LogP contribution in [0.3, 0.4) is 0 Å². The summed E-state index contributed by atoms with van der Waals surface area (Å²) in [5.74, 6) is 0.295.